The van der Waals surface area contributed by atoms with Crippen molar-refractivity contribution in [1.29, 1.82) is 0 Å². The van der Waals surface area contributed by atoms with E-state index in [4.69, 9.17) is 4.74 Å². The number of piperidine rings is 1. The zero-order chi connectivity index (χ0) is 25.1. The molecule has 1 aromatic carbocycles. The lowest BCUT2D eigenvalue weighted by atomic mass is 10.1. The number of amides is 2. The highest BCUT2D eigenvalue weighted by Gasteiger charge is 2.36. The van der Waals surface area contributed by atoms with E-state index in [1.165, 1.54) is 5.56 Å². The van der Waals surface area contributed by atoms with Gasteiger partial charge in [0.25, 0.3) is 0 Å². The van der Waals surface area contributed by atoms with Crippen LogP contribution in [-0.4, -0.2) is 82.7 Å². The number of aromatic nitrogens is 2. The molecule has 0 aliphatic carbocycles. The van der Waals surface area contributed by atoms with E-state index >= 15 is 0 Å². The first-order valence-electron chi connectivity index (χ1n) is 13.1. The highest BCUT2D eigenvalue weighted by molar-refractivity contribution is 5.95. The Morgan fingerprint density at radius 3 is 2.28 bits per heavy atom. The molecule has 3 aliphatic heterocycles. The molecule has 3 fully saturated rings. The number of nitrogens with zero attached hydrogens (tertiary/aromatic N) is 6. The van der Waals surface area contributed by atoms with Gasteiger partial charge in [0.05, 0.1) is 30.2 Å². The fourth-order valence-corrected chi connectivity index (χ4v) is 5.61. The van der Waals surface area contributed by atoms with Crippen molar-refractivity contribution in [3.8, 4) is 0 Å². The first kappa shape index (κ1) is 24.5. The van der Waals surface area contributed by atoms with Crippen LogP contribution in [-0.2, 0) is 16.1 Å². The quantitative estimate of drug-likeness (QED) is 0.633. The first-order valence-corrected chi connectivity index (χ1v) is 13.1. The van der Waals surface area contributed by atoms with E-state index < -0.39 is 0 Å². The molecule has 9 heteroatoms. The molecule has 3 aliphatic rings. The molecule has 0 radical (unpaired) electrons. The van der Waals surface area contributed by atoms with Gasteiger partial charge in [-0.2, -0.15) is 0 Å². The van der Waals surface area contributed by atoms with Gasteiger partial charge in [-0.05, 0) is 38.7 Å². The smallest absolute Gasteiger partial charge is 0.410 e. The summed E-state index contributed by atoms with van der Waals surface area (Å²) < 4.78 is 5.97. The predicted octanol–water partition coefficient (Wildman–Crippen LogP) is 3.30. The molecule has 2 atom stereocenters. The molecule has 2 amide bonds. The van der Waals surface area contributed by atoms with Crippen LogP contribution >= 0.6 is 0 Å². The summed E-state index contributed by atoms with van der Waals surface area (Å²) in [4.78, 5) is 42.3. The third-order valence-electron chi connectivity index (χ3n) is 7.47. The zero-order valence-electron chi connectivity index (χ0n) is 21.3. The number of piperazine rings is 1. The molecule has 2 aromatic rings. The van der Waals surface area contributed by atoms with Crippen LogP contribution in [0, 0.1) is 0 Å². The minimum Gasteiger partial charge on any atom is -0.446 e. The number of hydrogen-bond acceptors (Lipinski definition) is 7. The summed E-state index contributed by atoms with van der Waals surface area (Å²) >= 11 is 0. The third kappa shape index (κ3) is 5.46. The van der Waals surface area contributed by atoms with Gasteiger partial charge < -0.3 is 14.5 Å². The summed E-state index contributed by atoms with van der Waals surface area (Å²) in [7, 11) is 0. The van der Waals surface area contributed by atoms with Gasteiger partial charge in [0.15, 0.2) is 0 Å². The maximum atomic E-state index is 13.1. The molecule has 3 saturated heterocycles. The van der Waals surface area contributed by atoms with Gasteiger partial charge in [-0.25, -0.2) is 14.8 Å². The molecule has 1 aromatic heterocycles. The van der Waals surface area contributed by atoms with E-state index in [0.29, 0.717) is 25.5 Å². The van der Waals surface area contributed by atoms with Gasteiger partial charge in [0.2, 0.25) is 11.9 Å². The van der Waals surface area contributed by atoms with Crippen molar-refractivity contribution in [2.24, 2.45) is 0 Å². The molecule has 5 rings (SSSR count). The van der Waals surface area contributed by atoms with Crippen LogP contribution in [0.25, 0.3) is 0 Å². The Morgan fingerprint density at radius 2 is 1.67 bits per heavy atom. The van der Waals surface area contributed by atoms with E-state index in [0.717, 1.165) is 51.1 Å². The van der Waals surface area contributed by atoms with E-state index in [1.807, 2.05) is 24.8 Å². The molecule has 0 saturated carbocycles. The number of carbonyl (C=O) groups excluding carboxylic acids is 2. The van der Waals surface area contributed by atoms with Crippen molar-refractivity contribution in [3.63, 3.8) is 0 Å². The molecule has 0 N–H and O–H groups in total. The SMILES string of the molecule is C[C@@H]1CN(c2ncc(N3CCCC3=O)cn2)C[C@H](C)N1C(=O)OC1CCN(Cc2ccccc2)CC1. The number of rotatable bonds is 5. The number of hydrogen-bond donors (Lipinski definition) is 0. The Balaban J connectivity index is 1.12. The molecule has 0 unspecified atom stereocenters. The monoisotopic (exact) mass is 492 g/mol. The van der Waals surface area contributed by atoms with E-state index in [2.05, 4.69) is 44.0 Å². The molecular weight excluding hydrogens is 456 g/mol. The van der Waals surface area contributed by atoms with Gasteiger partial charge in [-0.3, -0.25) is 14.6 Å². The van der Waals surface area contributed by atoms with Crippen molar-refractivity contribution in [2.45, 2.75) is 64.3 Å². The lowest BCUT2D eigenvalue weighted by Gasteiger charge is -2.44. The van der Waals surface area contributed by atoms with Crippen molar-refractivity contribution in [1.82, 2.24) is 19.8 Å². The van der Waals surface area contributed by atoms with Crippen LogP contribution in [0.4, 0.5) is 16.4 Å². The largest absolute Gasteiger partial charge is 0.446 e. The average molecular weight is 493 g/mol. The Hall–Kier alpha value is -3.20. The van der Waals surface area contributed by atoms with Gasteiger partial charge in [0.1, 0.15) is 6.10 Å². The van der Waals surface area contributed by atoms with Crippen molar-refractivity contribution < 1.29 is 14.3 Å². The van der Waals surface area contributed by atoms with E-state index in [-0.39, 0.29) is 30.2 Å². The normalized spacial score (nSPS) is 23.8. The number of benzene rings is 1. The highest BCUT2D eigenvalue weighted by Crippen LogP contribution is 2.25. The molecule has 0 bridgehead atoms. The Morgan fingerprint density at radius 1 is 1.00 bits per heavy atom. The number of anilines is 2. The Kier molecular flexibility index (Phi) is 7.36. The van der Waals surface area contributed by atoms with Gasteiger partial charge in [-0.1, -0.05) is 30.3 Å². The second kappa shape index (κ2) is 10.8. The molecule has 4 heterocycles. The Bertz CT molecular complexity index is 1030. The number of likely N-dealkylation sites (tertiary alicyclic amines) is 1. The summed E-state index contributed by atoms with van der Waals surface area (Å²) in [5, 5.41) is 0. The molecule has 192 valence electrons. The van der Waals surface area contributed by atoms with E-state index in [9.17, 15) is 9.59 Å². The predicted molar refractivity (Wildman–Crippen MR) is 138 cm³/mol. The molecule has 0 spiro atoms. The zero-order valence-corrected chi connectivity index (χ0v) is 21.3. The second-order valence-corrected chi connectivity index (χ2v) is 10.2. The van der Waals surface area contributed by atoms with Crippen LogP contribution in [0.1, 0.15) is 45.1 Å². The van der Waals surface area contributed by atoms with Gasteiger partial charge >= 0.3 is 6.09 Å². The van der Waals surface area contributed by atoms with Crippen molar-refractivity contribution in [3.05, 3.63) is 48.3 Å². The standard InChI is InChI=1S/C27H36N6O3/c1-20-17-31(26-28-15-23(16-29-26)32-12-6-9-25(32)34)18-21(2)33(20)27(35)36-24-10-13-30(14-11-24)19-22-7-4-3-5-8-22/h3-5,7-8,15-16,20-21,24H,6,9-14,17-19H2,1-2H3/t20-,21+. The summed E-state index contributed by atoms with van der Waals surface area (Å²) in [5.41, 5.74) is 2.07. The summed E-state index contributed by atoms with van der Waals surface area (Å²) in [5.74, 6) is 0.755. The topological polar surface area (TPSA) is 82.1 Å². The average Bonchev–Trinajstić information content (AvgIpc) is 3.31. The lowest BCUT2D eigenvalue weighted by molar-refractivity contribution is -0.117. The summed E-state index contributed by atoms with van der Waals surface area (Å²) in [6, 6.07) is 10.4. The second-order valence-electron chi connectivity index (χ2n) is 10.2. The van der Waals surface area contributed by atoms with Crippen LogP contribution in [0.15, 0.2) is 42.7 Å². The minimum absolute atomic E-state index is 0.0251. The summed E-state index contributed by atoms with van der Waals surface area (Å²) in [6.45, 7) is 8.89. The van der Waals surface area contributed by atoms with Gasteiger partial charge in [0, 0.05) is 45.7 Å². The van der Waals surface area contributed by atoms with Crippen LogP contribution < -0.4 is 9.80 Å². The third-order valence-corrected chi connectivity index (χ3v) is 7.47. The highest BCUT2D eigenvalue weighted by atomic mass is 16.6. The number of carbonyl (C=O) groups is 2. The molecular formula is C27H36N6O3. The first-order chi connectivity index (χ1) is 17.5. The van der Waals surface area contributed by atoms with Gasteiger partial charge in [-0.15, -0.1) is 0 Å². The van der Waals surface area contributed by atoms with E-state index in [1.54, 1.807) is 17.3 Å². The Labute approximate surface area is 213 Å². The van der Waals surface area contributed by atoms with Crippen LogP contribution in [0.5, 0.6) is 0 Å². The molecule has 9 nitrogen and oxygen atoms in total. The maximum absolute atomic E-state index is 13.1. The number of ether oxygens (including phenoxy) is 1. The fraction of sp³-hybridized carbons (Fsp3) is 0.556. The van der Waals surface area contributed by atoms with Crippen LogP contribution in [0.3, 0.4) is 0 Å². The summed E-state index contributed by atoms with van der Waals surface area (Å²) in [6.07, 6.45) is 6.38. The van der Waals surface area contributed by atoms with Crippen LogP contribution in [0.2, 0.25) is 0 Å². The minimum atomic E-state index is -0.222. The fourth-order valence-electron chi connectivity index (χ4n) is 5.61. The molecule has 36 heavy (non-hydrogen) atoms. The van der Waals surface area contributed by atoms with Crippen molar-refractivity contribution >= 4 is 23.6 Å². The lowest BCUT2D eigenvalue weighted by Crippen LogP contribution is -2.59. The maximum Gasteiger partial charge on any atom is 0.410 e. The van der Waals surface area contributed by atoms with Crippen molar-refractivity contribution in [2.75, 3.05) is 42.5 Å².